The number of amides is 2. The van der Waals surface area contributed by atoms with Gasteiger partial charge in [-0.3, -0.25) is 14.5 Å². The largest absolute Gasteiger partial charge is 0.495 e. The minimum absolute atomic E-state index is 0.0244. The summed E-state index contributed by atoms with van der Waals surface area (Å²) in [7, 11) is 1.59. The molecular formula is C23H25N3O3S. The number of hydrogen-bond donors (Lipinski definition) is 1. The first-order valence-corrected chi connectivity index (χ1v) is 11.5. The molecular weight excluding hydrogens is 398 g/mol. The Balaban J connectivity index is 1.60. The fourth-order valence-corrected chi connectivity index (χ4v) is 6.67. The number of hydrogen-bond acceptors (Lipinski definition) is 5. The smallest absolute Gasteiger partial charge is 0.253 e. The van der Waals surface area contributed by atoms with E-state index < -0.39 is 11.5 Å². The van der Waals surface area contributed by atoms with Crippen molar-refractivity contribution in [3.63, 3.8) is 0 Å². The van der Waals surface area contributed by atoms with E-state index in [-0.39, 0.29) is 17.9 Å². The van der Waals surface area contributed by atoms with Crippen LogP contribution in [0.2, 0.25) is 0 Å². The van der Waals surface area contributed by atoms with E-state index in [1.165, 1.54) is 0 Å². The summed E-state index contributed by atoms with van der Waals surface area (Å²) in [6, 6.07) is 15.6. The van der Waals surface area contributed by atoms with Crippen LogP contribution in [-0.4, -0.2) is 48.0 Å². The summed E-state index contributed by atoms with van der Waals surface area (Å²) in [4.78, 5) is 31.7. The van der Waals surface area contributed by atoms with Crippen molar-refractivity contribution in [1.29, 1.82) is 0 Å². The van der Waals surface area contributed by atoms with Gasteiger partial charge in [0.1, 0.15) is 11.3 Å². The molecule has 5 rings (SSSR count). The van der Waals surface area contributed by atoms with Gasteiger partial charge in [0.25, 0.3) is 5.91 Å². The zero-order chi connectivity index (χ0) is 20.9. The summed E-state index contributed by atoms with van der Waals surface area (Å²) in [6.45, 7) is 2.58. The van der Waals surface area contributed by atoms with Crippen LogP contribution in [-0.2, 0) is 15.1 Å². The highest BCUT2D eigenvalue weighted by Gasteiger charge is 2.67. The first kappa shape index (κ1) is 19.5. The molecule has 3 atom stereocenters. The second kappa shape index (κ2) is 7.32. The molecule has 0 aliphatic carbocycles. The minimum Gasteiger partial charge on any atom is -0.495 e. The first-order valence-electron chi connectivity index (χ1n) is 10.3. The Bertz CT molecular complexity index is 1010. The molecule has 2 aromatic carbocycles. The number of carbonyl (C=O) groups excluding carboxylic acids is 2. The molecule has 0 unspecified atom stereocenters. The Labute approximate surface area is 180 Å². The molecule has 0 radical (unpaired) electrons. The summed E-state index contributed by atoms with van der Waals surface area (Å²) in [6.07, 6.45) is 0.672. The lowest BCUT2D eigenvalue weighted by Gasteiger charge is -2.36. The predicted molar refractivity (Wildman–Crippen MR) is 119 cm³/mol. The van der Waals surface area contributed by atoms with Gasteiger partial charge in [-0.05, 0) is 31.5 Å². The second-order valence-electron chi connectivity index (χ2n) is 7.93. The summed E-state index contributed by atoms with van der Waals surface area (Å²) >= 11 is 1.84. The van der Waals surface area contributed by atoms with E-state index >= 15 is 0 Å². The average molecular weight is 424 g/mol. The molecule has 0 bridgehead atoms. The molecule has 3 heterocycles. The maximum atomic E-state index is 13.9. The number of nitrogens with zero attached hydrogens (tertiary/aromatic N) is 2. The van der Waals surface area contributed by atoms with E-state index in [0.29, 0.717) is 24.4 Å². The van der Waals surface area contributed by atoms with Gasteiger partial charge in [0.05, 0.1) is 18.7 Å². The number of carbonyl (C=O) groups is 2. The molecule has 30 heavy (non-hydrogen) atoms. The molecule has 3 aliphatic heterocycles. The zero-order valence-electron chi connectivity index (χ0n) is 17.1. The number of nitrogens with one attached hydrogen (secondary N) is 1. The highest BCUT2D eigenvalue weighted by Crippen LogP contribution is 2.57. The minimum atomic E-state index is -0.938. The van der Waals surface area contributed by atoms with Crippen molar-refractivity contribution in [2.75, 3.05) is 35.5 Å². The number of anilines is 2. The van der Waals surface area contributed by atoms with Crippen LogP contribution in [0.3, 0.4) is 0 Å². The van der Waals surface area contributed by atoms with E-state index in [0.717, 1.165) is 22.9 Å². The van der Waals surface area contributed by atoms with Crippen molar-refractivity contribution < 1.29 is 14.3 Å². The van der Waals surface area contributed by atoms with Crippen LogP contribution in [0.4, 0.5) is 11.4 Å². The van der Waals surface area contributed by atoms with Gasteiger partial charge in [-0.2, -0.15) is 0 Å². The molecule has 2 amide bonds. The number of methoxy groups -OCH3 is 1. The van der Waals surface area contributed by atoms with Gasteiger partial charge in [-0.25, -0.2) is 0 Å². The van der Waals surface area contributed by atoms with Crippen molar-refractivity contribution in [2.24, 2.45) is 5.92 Å². The molecule has 2 aromatic rings. The van der Waals surface area contributed by atoms with Crippen LogP contribution in [0.25, 0.3) is 0 Å². The van der Waals surface area contributed by atoms with Gasteiger partial charge in [-0.15, -0.1) is 11.8 Å². The van der Waals surface area contributed by atoms with Gasteiger partial charge in [-0.1, -0.05) is 30.3 Å². The summed E-state index contributed by atoms with van der Waals surface area (Å²) < 4.78 is 5.41. The third kappa shape index (κ3) is 2.55. The molecule has 3 aliphatic rings. The quantitative estimate of drug-likeness (QED) is 0.818. The van der Waals surface area contributed by atoms with Crippen LogP contribution in [0.1, 0.15) is 18.9 Å². The van der Waals surface area contributed by atoms with E-state index in [1.807, 2.05) is 72.1 Å². The third-order valence-corrected chi connectivity index (χ3v) is 7.70. The topological polar surface area (TPSA) is 61.9 Å². The molecule has 2 fully saturated rings. The van der Waals surface area contributed by atoms with Gasteiger partial charge < -0.3 is 15.0 Å². The molecule has 0 saturated carbocycles. The average Bonchev–Trinajstić information content (AvgIpc) is 3.42. The van der Waals surface area contributed by atoms with Crippen molar-refractivity contribution in [2.45, 2.75) is 24.9 Å². The fraction of sp³-hybridized carbons (Fsp3) is 0.391. The Morgan fingerprint density at radius 2 is 2.00 bits per heavy atom. The molecule has 1 N–H and O–H groups in total. The van der Waals surface area contributed by atoms with Crippen molar-refractivity contribution in [3.05, 3.63) is 54.1 Å². The maximum Gasteiger partial charge on any atom is 0.253 e. The van der Waals surface area contributed by atoms with Crippen molar-refractivity contribution in [1.82, 2.24) is 4.90 Å². The van der Waals surface area contributed by atoms with Crippen LogP contribution in [0.5, 0.6) is 5.75 Å². The molecule has 156 valence electrons. The zero-order valence-corrected chi connectivity index (χ0v) is 17.9. The van der Waals surface area contributed by atoms with E-state index in [4.69, 9.17) is 4.74 Å². The number of para-hydroxylation sites is 3. The SMILES string of the molecule is CCN1C(=O)[C@]2(c3ccccc31)[C@H](C(=O)Nc1ccccc1OC)C[C@H]1CSCN12. The highest BCUT2D eigenvalue weighted by molar-refractivity contribution is 7.99. The lowest BCUT2D eigenvalue weighted by atomic mass is 9.78. The highest BCUT2D eigenvalue weighted by atomic mass is 32.2. The van der Waals surface area contributed by atoms with Gasteiger partial charge in [0.2, 0.25) is 5.91 Å². The van der Waals surface area contributed by atoms with Gasteiger partial charge in [0.15, 0.2) is 0 Å². The second-order valence-corrected chi connectivity index (χ2v) is 8.93. The number of benzene rings is 2. The number of ether oxygens (including phenoxy) is 1. The Morgan fingerprint density at radius 1 is 1.23 bits per heavy atom. The van der Waals surface area contributed by atoms with Gasteiger partial charge >= 0.3 is 0 Å². The van der Waals surface area contributed by atoms with Crippen molar-refractivity contribution >= 4 is 35.0 Å². The summed E-state index contributed by atoms with van der Waals surface area (Å²) in [5.74, 6) is 1.76. The van der Waals surface area contributed by atoms with Crippen LogP contribution in [0.15, 0.2) is 48.5 Å². The maximum absolute atomic E-state index is 13.9. The normalized spacial score (nSPS) is 27.4. The Hall–Kier alpha value is -2.51. The monoisotopic (exact) mass is 423 g/mol. The first-order chi connectivity index (χ1) is 14.6. The van der Waals surface area contributed by atoms with Gasteiger partial charge in [0, 0.05) is 35.5 Å². The number of likely N-dealkylation sites (N-methyl/N-ethyl adjacent to an activating group) is 1. The molecule has 6 nitrogen and oxygen atoms in total. The molecule has 0 aromatic heterocycles. The van der Waals surface area contributed by atoms with Crippen LogP contribution in [0, 0.1) is 5.92 Å². The Morgan fingerprint density at radius 3 is 2.80 bits per heavy atom. The van der Waals surface area contributed by atoms with Crippen molar-refractivity contribution in [3.8, 4) is 5.75 Å². The molecule has 1 spiro atoms. The Kier molecular flexibility index (Phi) is 4.75. The lowest BCUT2D eigenvalue weighted by Crippen LogP contribution is -2.55. The van der Waals surface area contributed by atoms with E-state index in [1.54, 1.807) is 7.11 Å². The van der Waals surface area contributed by atoms with E-state index in [9.17, 15) is 9.59 Å². The lowest BCUT2D eigenvalue weighted by molar-refractivity contribution is -0.136. The predicted octanol–water partition coefficient (Wildman–Crippen LogP) is 3.29. The van der Waals surface area contributed by atoms with Crippen LogP contribution < -0.4 is 15.0 Å². The summed E-state index contributed by atoms with van der Waals surface area (Å²) in [5, 5.41) is 3.06. The standard InChI is InChI=1S/C23H25N3O3S/c1-3-25-19-10-6-4-8-16(19)23(22(25)28)17(12-15-13-30-14-26(15)23)21(27)24-18-9-5-7-11-20(18)29-2/h4-11,15,17H,3,12-14H2,1-2H3,(H,24,27)/t15-,17-,23-/m0/s1. The third-order valence-electron chi connectivity index (χ3n) is 6.62. The number of rotatable bonds is 4. The van der Waals surface area contributed by atoms with Crippen LogP contribution >= 0.6 is 11.8 Å². The molecule has 2 saturated heterocycles. The fourth-order valence-electron chi connectivity index (χ4n) is 5.36. The van der Waals surface area contributed by atoms with E-state index in [2.05, 4.69) is 10.2 Å². The molecule has 7 heteroatoms. The summed E-state index contributed by atoms with van der Waals surface area (Å²) in [5.41, 5.74) is 1.58. The number of thioether (sulfide) groups is 1. The number of fused-ring (bicyclic) bond motifs is 4.